The second kappa shape index (κ2) is 5.61. The topological polar surface area (TPSA) is 85.2 Å². The summed E-state index contributed by atoms with van der Waals surface area (Å²) in [6, 6.07) is 10.2. The van der Waals surface area contributed by atoms with Gasteiger partial charge in [-0.2, -0.15) is 0 Å². The van der Waals surface area contributed by atoms with Crippen molar-refractivity contribution in [2.24, 2.45) is 5.73 Å². The third kappa shape index (κ3) is 2.71. The van der Waals surface area contributed by atoms with Crippen molar-refractivity contribution in [2.75, 3.05) is 7.11 Å². The molecule has 1 aromatic heterocycles. The van der Waals surface area contributed by atoms with Gasteiger partial charge in [0, 0.05) is 17.7 Å². The lowest BCUT2D eigenvalue weighted by Gasteiger charge is -2.15. The highest BCUT2D eigenvalue weighted by molar-refractivity contribution is 5.94. The Balaban J connectivity index is 2.46. The standard InChI is InChI=1S/C15H16N2O3/c1-9(10-3-5-11(20-2)6-4-10)14-12(15(16)19)7-8-13(18)17-14/h3-9H,1-2H3,(H2,16,19)(H,17,18)/t9-/m1/s1. The number of rotatable bonds is 4. The number of primary amides is 1. The summed E-state index contributed by atoms with van der Waals surface area (Å²) in [6.45, 7) is 1.90. The molecular formula is C15H16N2O3. The molecule has 104 valence electrons. The number of amides is 1. The van der Waals surface area contributed by atoms with Crippen LogP contribution >= 0.6 is 0 Å². The quantitative estimate of drug-likeness (QED) is 0.887. The fourth-order valence-electron chi connectivity index (χ4n) is 2.11. The number of H-pyrrole nitrogens is 1. The SMILES string of the molecule is COc1ccc([C@@H](C)c2[nH]c(=O)ccc2C(N)=O)cc1. The Bertz CT molecular complexity index is 674. The highest BCUT2D eigenvalue weighted by Gasteiger charge is 2.17. The molecule has 5 nitrogen and oxygen atoms in total. The van der Waals surface area contributed by atoms with Gasteiger partial charge in [-0.05, 0) is 23.8 Å². The van der Waals surface area contributed by atoms with Crippen LogP contribution in [0.25, 0.3) is 0 Å². The highest BCUT2D eigenvalue weighted by atomic mass is 16.5. The van der Waals surface area contributed by atoms with Crippen molar-refractivity contribution < 1.29 is 9.53 Å². The van der Waals surface area contributed by atoms with Crippen molar-refractivity contribution in [3.8, 4) is 5.75 Å². The van der Waals surface area contributed by atoms with Crippen LogP contribution in [0.4, 0.5) is 0 Å². The van der Waals surface area contributed by atoms with E-state index in [1.54, 1.807) is 7.11 Å². The molecule has 0 unspecified atom stereocenters. The summed E-state index contributed by atoms with van der Waals surface area (Å²) >= 11 is 0. The number of carbonyl (C=O) groups is 1. The first-order valence-electron chi connectivity index (χ1n) is 6.20. The predicted molar refractivity (Wildman–Crippen MR) is 76.1 cm³/mol. The van der Waals surface area contributed by atoms with E-state index >= 15 is 0 Å². The maximum absolute atomic E-state index is 11.5. The molecule has 1 atom stereocenters. The smallest absolute Gasteiger partial charge is 0.250 e. The number of aromatic nitrogens is 1. The number of nitrogens with one attached hydrogen (secondary N) is 1. The molecule has 0 bridgehead atoms. The van der Waals surface area contributed by atoms with Gasteiger partial charge in [0.15, 0.2) is 0 Å². The second-order valence-corrected chi connectivity index (χ2v) is 4.51. The third-order valence-corrected chi connectivity index (χ3v) is 3.26. The van der Waals surface area contributed by atoms with E-state index < -0.39 is 5.91 Å². The molecule has 2 aromatic rings. The van der Waals surface area contributed by atoms with E-state index in [-0.39, 0.29) is 11.5 Å². The molecule has 1 aromatic carbocycles. The summed E-state index contributed by atoms with van der Waals surface area (Å²) in [5.41, 5.74) is 6.89. The van der Waals surface area contributed by atoms with Gasteiger partial charge in [-0.15, -0.1) is 0 Å². The third-order valence-electron chi connectivity index (χ3n) is 3.26. The summed E-state index contributed by atoms with van der Waals surface area (Å²) in [5.74, 6) is 0.0338. The minimum Gasteiger partial charge on any atom is -0.497 e. The van der Waals surface area contributed by atoms with Crippen molar-refractivity contribution in [1.29, 1.82) is 0 Å². The molecule has 3 N–H and O–H groups in total. The fraction of sp³-hybridized carbons (Fsp3) is 0.200. The summed E-state index contributed by atoms with van der Waals surface area (Å²) in [4.78, 5) is 25.6. The Hall–Kier alpha value is -2.56. The van der Waals surface area contributed by atoms with Crippen LogP contribution in [-0.4, -0.2) is 18.0 Å². The number of aromatic amines is 1. The Morgan fingerprint density at radius 3 is 2.40 bits per heavy atom. The van der Waals surface area contributed by atoms with Crippen molar-refractivity contribution in [2.45, 2.75) is 12.8 Å². The zero-order valence-corrected chi connectivity index (χ0v) is 11.3. The number of pyridine rings is 1. The van der Waals surface area contributed by atoms with E-state index in [2.05, 4.69) is 4.98 Å². The van der Waals surface area contributed by atoms with Crippen LogP contribution in [-0.2, 0) is 0 Å². The monoisotopic (exact) mass is 272 g/mol. The van der Waals surface area contributed by atoms with Gasteiger partial charge in [0.2, 0.25) is 11.5 Å². The van der Waals surface area contributed by atoms with Gasteiger partial charge in [0.1, 0.15) is 5.75 Å². The first kappa shape index (κ1) is 13.9. The minimum atomic E-state index is -0.559. The maximum Gasteiger partial charge on any atom is 0.250 e. The van der Waals surface area contributed by atoms with Crippen LogP contribution in [0.2, 0.25) is 0 Å². The molecule has 2 rings (SSSR count). The van der Waals surface area contributed by atoms with E-state index in [0.29, 0.717) is 11.3 Å². The number of ether oxygens (including phenoxy) is 1. The Morgan fingerprint density at radius 2 is 1.85 bits per heavy atom. The Labute approximate surface area is 116 Å². The number of methoxy groups -OCH3 is 1. The molecule has 0 spiro atoms. The van der Waals surface area contributed by atoms with Gasteiger partial charge in [-0.1, -0.05) is 19.1 Å². The molecule has 0 saturated carbocycles. The van der Waals surface area contributed by atoms with Gasteiger partial charge >= 0.3 is 0 Å². The predicted octanol–water partition coefficient (Wildman–Crippen LogP) is 1.63. The maximum atomic E-state index is 11.5. The van der Waals surface area contributed by atoms with Crippen LogP contribution in [0.15, 0.2) is 41.2 Å². The average Bonchev–Trinajstić information content (AvgIpc) is 2.46. The molecule has 1 heterocycles. The minimum absolute atomic E-state index is 0.155. The summed E-state index contributed by atoms with van der Waals surface area (Å²) in [7, 11) is 1.60. The normalized spacial score (nSPS) is 11.9. The zero-order valence-electron chi connectivity index (χ0n) is 11.3. The molecule has 5 heteroatoms. The van der Waals surface area contributed by atoms with E-state index in [4.69, 9.17) is 10.5 Å². The van der Waals surface area contributed by atoms with Crippen LogP contribution in [0.1, 0.15) is 34.5 Å². The number of hydrogen-bond acceptors (Lipinski definition) is 3. The number of hydrogen-bond donors (Lipinski definition) is 2. The second-order valence-electron chi connectivity index (χ2n) is 4.51. The van der Waals surface area contributed by atoms with Gasteiger partial charge in [0.25, 0.3) is 0 Å². The number of carbonyl (C=O) groups excluding carboxylic acids is 1. The molecule has 0 aliphatic carbocycles. The summed E-state index contributed by atoms with van der Waals surface area (Å²) in [6.07, 6.45) is 0. The largest absolute Gasteiger partial charge is 0.497 e. The summed E-state index contributed by atoms with van der Waals surface area (Å²) in [5, 5.41) is 0. The first-order valence-corrected chi connectivity index (χ1v) is 6.20. The molecule has 0 aliphatic heterocycles. The summed E-state index contributed by atoms with van der Waals surface area (Å²) < 4.78 is 5.10. The van der Waals surface area contributed by atoms with Gasteiger partial charge in [-0.3, -0.25) is 9.59 Å². The van der Waals surface area contributed by atoms with E-state index in [9.17, 15) is 9.59 Å². The van der Waals surface area contributed by atoms with E-state index in [1.807, 2.05) is 31.2 Å². The molecule has 1 amide bonds. The van der Waals surface area contributed by atoms with Gasteiger partial charge in [0.05, 0.1) is 12.7 Å². The van der Waals surface area contributed by atoms with Crippen molar-refractivity contribution >= 4 is 5.91 Å². The zero-order chi connectivity index (χ0) is 14.7. The lowest BCUT2D eigenvalue weighted by molar-refractivity contribution is 0.0998. The molecule has 0 saturated heterocycles. The molecule has 20 heavy (non-hydrogen) atoms. The van der Waals surface area contributed by atoms with Crippen molar-refractivity contribution in [3.63, 3.8) is 0 Å². The van der Waals surface area contributed by atoms with E-state index in [1.165, 1.54) is 12.1 Å². The van der Waals surface area contributed by atoms with Crippen LogP contribution in [0.5, 0.6) is 5.75 Å². The molecule has 0 aliphatic rings. The fourth-order valence-corrected chi connectivity index (χ4v) is 2.11. The van der Waals surface area contributed by atoms with Gasteiger partial charge < -0.3 is 15.5 Å². The van der Waals surface area contributed by atoms with Gasteiger partial charge in [-0.25, -0.2) is 0 Å². The average molecular weight is 272 g/mol. The molecule has 0 radical (unpaired) electrons. The van der Waals surface area contributed by atoms with Crippen molar-refractivity contribution in [3.05, 3.63) is 63.6 Å². The van der Waals surface area contributed by atoms with E-state index in [0.717, 1.165) is 11.3 Å². The lowest BCUT2D eigenvalue weighted by Crippen LogP contribution is -2.20. The van der Waals surface area contributed by atoms with Crippen LogP contribution < -0.4 is 16.0 Å². The highest BCUT2D eigenvalue weighted by Crippen LogP contribution is 2.25. The Morgan fingerprint density at radius 1 is 1.20 bits per heavy atom. The van der Waals surface area contributed by atoms with Crippen molar-refractivity contribution in [1.82, 2.24) is 4.98 Å². The molecular weight excluding hydrogens is 256 g/mol. The van der Waals surface area contributed by atoms with Crippen LogP contribution in [0, 0.1) is 0 Å². The Kier molecular flexibility index (Phi) is 3.89. The molecule has 0 fully saturated rings. The number of benzene rings is 1. The number of nitrogens with two attached hydrogens (primary N) is 1. The lowest BCUT2D eigenvalue weighted by atomic mass is 9.94. The van der Waals surface area contributed by atoms with Crippen LogP contribution in [0.3, 0.4) is 0 Å². The first-order chi connectivity index (χ1) is 9.52.